The molecule has 0 aliphatic heterocycles. The first kappa shape index (κ1) is 15.8. The Morgan fingerprint density at radius 2 is 1.95 bits per heavy atom. The van der Waals surface area contributed by atoms with Crippen LogP contribution in [-0.4, -0.2) is 12.9 Å². The van der Waals surface area contributed by atoms with Crippen LogP contribution in [0.25, 0.3) is 0 Å². The summed E-state index contributed by atoms with van der Waals surface area (Å²) in [5, 5.41) is 3.28. The number of nitrogens with one attached hydrogen (secondary N) is 1. The third-order valence-electron chi connectivity index (χ3n) is 2.65. The predicted molar refractivity (Wildman–Crippen MR) is 69.0 cm³/mol. The molecule has 0 aliphatic carbocycles. The van der Waals surface area contributed by atoms with Crippen LogP contribution in [-0.2, 0) is 0 Å². The molecule has 0 aliphatic rings. The van der Waals surface area contributed by atoms with Crippen LogP contribution in [0.5, 0.6) is 5.75 Å². The van der Waals surface area contributed by atoms with Crippen LogP contribution in [0.1, 0.15) is 38.8 Å². The van der Waals surface area contributed by atoms with Crippen molar-refractivity contribution in [2.24, 2.45) is 5.92 Å². The van der Waals surface area contributed by atoms with Crippen LogP contribution in [0.3, 0.4) is 0 Å². The smallest absolute Gasteiger partial charge is 0.406 e. The summed E-state index contributed by atoms with van der Waals surface area (Å²) in [5.41, 5.74) is 0.817. The average molecular weight is 275 g/mol. The van der Waals surface area contributed by atoms with Crippen LogP contribution in [0.2, 0.25) is 0 Å². The molecule has 1 unspecified atom stereocenters. The molecule has 0 heterocycles. The maximum absolute atomic E-state index is 12.2. The molecule has 19 heavy (non-hydrogen) atoms. The summed E-state index contributed by atoms with van der Waals surface area (Å²) in [7, 11) is 0. The van der Waals surface area contributed by atoms with Crippen molar-refractivity contribution in [3.8, 4) is 5.75 Å². The van der Waals surface area contributed by atoms with Crippen LogP contribution >= 0.6 is 0 Å². The van der Waals surface area contributed by atoms with Crippen molar-refractivity contribution < 1.29 is 17.9 Å². The molecule has 0 saturated carbocycles. The second-order valence-corrected chi connectivity index (χ2v) is 4.86. The van der Waals surface area contributed by atoms with Crippen LogP contribution < -0.4 is 10.1 Å². The van der Waals surface area contributed by atoms with Crippen LogP contribution in [0.15, 0.2) is 24.3 Å². The Balaban J connectivity index is 2.88. The molecule has 0 fully saturated rings. The fraction of sp³-hybridized carbons (Fsp3) is 0.571. The summed E-state index contributed by atoms with van der Waals surface area (Å²) >= 11 is 0. The molecule has 0 bridgehead atoms. The number of ether oxygens (including phenoxy) is 1. The first-order valence-corrected chi connectivity index (χ1v) is 6.41. The minimum Gasteiger partial charge on any atom is -0.406 e. The van der Waals surface area contributed by atoms with E-state index in [0.29, 0.717) is 5.92 Å². The van der Waals surface area contributed by atoms with E-state index >= 15 is 0 Å². The van der Waals surface area contributed by atoms with Gasteiger partial charge < -0.3 is 10.1 Å². The number of rotatable bonds is 6. The monoisotopic (exact) mass is 275 g/mol. The summed E-state index contributed by atoms with van der Waals surface area (Å²) < 4.78 is 40.5. The molecule has 5 heteroatoms. The normalized spacial score (nSPS) is 13.6. The van der Waals surface area contributed by atoms with Gasteiger partial charge in [-0.3, -0.25) is 0 Å². The Morgan fingerprint density at radius 3 is 2.47 bits per heavy atom. The summed E-state index contributed by atoms with van der Waals surface area (Å²) in [4.78, 5) is 0. The minimum absolute atomic E-state index is 0.0433. The van der Waals surface area contributed by atoms with E-state index in [-0.39, 0.29) is 11.8 Å². The van der Waals surface area contributed by atoms with E-state index in [1.807, 2.05) is 13.0 Å². The van der Waals surface area contributed by atoms with Crippen molar-refractivity contribution >= 4 is 0 Å². The van der Waals surface area contributed by atoms with Gasteiger partial charge >= 0.3 is 6.36 Å². The number of alkyl halides is 3. The third-order valence-corrected chi connectivity index (χ3v) is 2.65. The Bertz CT molecular complexity index is 391. The number of halogens is 3. The fourth-order valence-corrected chi connectivity index (χ4v) is 1.98. The molecular formula is C14H20F3NO. The molecule has 1 aromatic rings. The highest BCUT2D eigenvalue weighted by molar-refractivity contribution is 5.30. The van der Waals surface area contributed by atoms with Crippen LogP contribution in [0, 0.1) is 5.92 Å². The molecule has 1 aromatic carbocycles. The summed E-state index contributed by atoms with van der Waals surface area (Å²) in [6, 6.07) is 6.21. The molecule has 1 atom stereocenters. The van der Waals surface area contributed by atoms with E-state index in [0.717, 1.165) is 18.5 Å². The van der Waals surface area contributed by atoms with Gasteiger partial charge in [0, 0.05) is 6.04 Å². The van der Waals surface area contributed by atoms with Crippen molar-refractivity contribution in [3.05, 3.63) is 29.8 Å². The average Bonchev–Trinajstić information content (AvgIpc) is 2.26. The largest absolute Gasteiger partial charge is 0.573 e. The number of benzene rings is 1. The second kappa shape index (κ2) is 6.80. The number of hydrogen-bond acceptors (Lipinski definition) is 2. The topological polar surface area (TPSA) is 21.3 Å². The van der Waals surface area contributed by atoms with Gasteiger partial charge in [0.2, 0.25) is 0 Å². The zero-order chi connectivity index (χ0) is 14.5. The Hall–Kier alpha value is -1.23. The van der Waals surface area contributed by atoms with Gasteiger partial charge in [0.05, 0.1) is 0 Å². The van der Waals surface area contributed by atoms with Crippen molar-refractivity contribution in [1.29, 1.82) is 0 Å². The maximum Gasteiger partial charge on any atom is 0.573 e. The SMILES string of the molecule is CCNC(CC(C)C)c1cccc(OC(F)(F)F)c1. The fourth-order valence-electron chi connectivity index (χ4n) is 1.98. The van der Waals surface area contributed by atoms with Gasteiger partial charge in [0.15, 0.2) is 0 Å². The molecule has 108 valence electrons. The lowest BCUT2D eigenvalue weighted by Gasteiger charge is -2.21. The quantitative estimate of drug-likeness (QED) is 0.836. The Kier molecular flexibility index (Phi) is 5.66. The Labute approximate surface area is 112 Å². The van der Waals surface area contributed by atoms with Gasteiger partial charge in [-0.05, 0) is 36.6 Å². The maximum atomic E-state index is 12.2. The standard InChI is InChI=1S/C14H20F3NO/c1-4-18-13(8-10(2)3)11-6-5-7-12(9-11)19-14(15,16)17/h5-7,9-10,13,18H,4,8H2,1-3H3. The van der Waals surface area contributed by atoms with E-state index in [2.05, 4.69) is 23.9 Å². The zero-order valence-corrected chi connectivity index (χ0v) is 11.4. The highest BCUT2D eigenvalue weighted by Gasteiger charge is 2.31. The molecule has 1 N–H and O–H groups in total. The van der Waals surface area contributed by atoms with Gasteiger partial charge in [0.1, 0.15) is 5.75 Å². The lowest BCUT2D eigenvalue weighted by atomic mass is 9.97. The summed E-state index contributed by atoms with van der Waals surface area (Å²) in [6.45, 7) is 6.91. The number of hydrogen-bond donors (Lipinski definition) is 1. The molecule has 2 nitrogen and oxygen atoms in total. The molecule has 0 amide bonds. The van der Waals surface area contributed by atoms with Crippen molar-refractivity contribution in [2.45, 2.75) is 39.6 Å². The molecule has 1 rings (SSSR count). The highest BCUT2D eigenvalue weighted by atomic mass is 19.4. The van der Waals surface area contributed by atoms with E-state index in [4.69, 9.17) is 0 Å². The third kappa shape index (κ3) is 5.96. The van der Waals surface area contributed by atoms with Crippen molar-refractivity contribution in [3.63, 3.8) is 0 Å². The molecule has 0 saturated heterocycles. The highest BCUT2D eigenvalue weighted by Crippen LogP contribution is 2.27. The zero-order valence-electron chi connectivity index (χ0n) is 11.4. The van der Waals surface area contributed by atoms with Gasteiger partial charge in [0.25, 0.3) is 0 Å². The lowest BCUT2D eigenvalue weighted by Crippen LogP contribution is -2.23. The van der Waals surface area contributed by atoms with Gasteiger partial charge in [-0.25, -0.2) is 0 Å². The summed E-state index contributed by atoms with van der Waals surface area (Å²) in [6.07, 6.45) is -3.78. The summed E-state index contributed by atoms with van der Waals surface area (Å²) in [5.74, 6) is 0.285. The first-order valence-electron chi connectivity index (χ1n) is 6.41. The first-order chi connectivity index (χ1) is 8.81. The van der Waals surface area contributed by atoms with Gasteiger partial charge in [-0.15, -0.1) is 13.2 Å². The predicted octanol–water partition coefficient (Wildman–Crippen LogP) is 4.28. The van der Waals surface area contributed by atoms with Gasteiger partial charge in [-0.1, -0.05) is 32.9 Å². The minimum atomic E-state index is -4.65. The molecule has 0 aromatic heterocycles. The van der Waals surface area contributed by atoms with E-state index in [1.54, 1.807) is 6.07 Å². The lowest BCUT2D eigenvalue weighted by molar-refractivity contribution is -0.274. The van der Waals surface area contributed by atoms with E-state index in [1.165, 1.54) is 12.1 Å². The van der Waals surface area contributed by atoms with Crippen molar-refractivity contribution in [2.75, 3.05) is 6.54 Å². The van der Waals surface area contributed by atoms with E-state index < -0.39 is 6.36 Å². The van der Waals surface area contributed by atoms with E-state index in [9.17, 15) is 13.2 Å². The molecule has 0 radical (unpaired) electrons. The molecule has 0 spiro atoms. The van der Waals surface area contributed by atoms with Crippen LogP contribution in [0.4, 0.5) is 13.2 Å². The second-order valence-electron chi connectivity index (χ2n) is 4.86. The Morgan fingerprint density at radius 1 is 1.26 bits per heavy atom. The molecular weight excluding hydrogens is 255 g/mol. The van der Waals surface area contributed by atoms with Crippen molar-refractivity contribution in [1.82, 2.24) is 5.32 Å². The van der Waals surface area contributed by atoms with Gasteiger partial charge in [-0.2, -0.15) is 0 Å².